The van der Waals surface area contributed by atoms with E-state index in [4.69, 9.17) is 5.73 Å². The summed E-state index contributed by atoms with van der Waals surface area (Å²) in [5.74, 6) is -0.167. The molecular formula is C14H24F3N3O3S. The van der Waals surface area contributed by atoms with Crippen LogP contribution in [0, 0.1) is 0 Å². The Hall–Kier alpha value is -0.870. The first-order valence-electron chi connectivity index (χ1n) is 8.04. The van der Waals surface area contributed by atoms with Crippen LogP contribution in [0.3, 0.4) is 0 Å². The lowest BCUT2D eigenvalue weighted by molar-refractivity contribution is -0.144. The first kappa shape index (κ1) is 19.5. The van der Waals surface area contributed by atoms with Gasteiger partial charge in [-0.3, -0.25) is 4.79 Å². The maximum atomic E-state index is 12.7. The normalized spacial score (nSPS) is 23.0. The molecule has 0 radical (unpaired) electrons. The monoisotopic (exact) mass is 371 g/mol. The standard InChI is InChI=1S/C14H24F3N3O3S/c1-24(22,23)20(10-14(15,16)17)11-4-8-19(9-5-11)12(21)13(18)6-2-3-7-13/h11H,2-10,18H2,1H3. The van der Waals surface area contributed by atoms with Gasteiger partial charge in [0.05, 0.1) is 11.8 Å². The Morgan fingerprint density at radius 2 is 1.75 bits per heavy atom. The third-order valence-corrected chi connectivity index (χ3v) is 6.12. The fourth-order valence-electron chi connectivity index (χ4n) is 3.59. The van der Waals surface area contributed by atoms with E-state index in [1.54, 1.807) is 4.90 Å². The second-order valence-electron chi connectivity index (χ2n) is 6.81. The summed E-state index contributed by atoms with van der Waals surface area (Å²) >= 11 is 0. The fraction of sp³-hybridized carbons (Fsp3) is 0.929. The maximum absolute atomic E-state index is 12.7. The summed E-state index contributed by atoms with van der Waals surface area (Å²) in [6, 6.07) is -0.747. The van der Waals surface area contributed by atoms with Crippen molar-refractivity contribution >= 4 is 15.9 Å². The summed E-state index contributed by atoms with van der Waals surface area (Å²) in [4.78, 5) is 14.1. The number of amides is 1. The fourth-order valence-corrected chi connectivity index (χ4v) is 4.72. The Kier molecular flexibility index (Phi) is 5.51. The Morgan fingerprint density at radius 3 is 2.17 bits per heavy atom. The Bertz CT molecular complexity index is 566. The lowest BCUT2D eigenvalue weighted by Gasteiger charge is -2.40. The molecule has 2 N–H and O–H groups in total. The zero-order valence-corrected chi connectivity index (χ0v) is 14.5. The number of rotatable bonds is 4. The SMILES string of the molecule is CS(=O)(=O)N(CC(F)(F)F)C1CCN(C(=O)C2(N)CCCC2)CC1. The van der Waals surface area contributed by atoms with Crippen molar-refractivity contribution in [3.8, 4) is 0 Å². The van der Waals surface area contributed by atoms with Gasteiger partial charge >= 0.3 is 6.18 Å². The number of alkyl halides is 3. The predicted molar refractivity (Wildman–Crippen MR) is 82.6 cm³/mol. The number of sulfonamides is 1. The Morgan fingerprint density at radius 1 is 1.25 bits per heavy atom. The van der Waals surface area contributed by atoms with Crippen molar-refractivity contribution < 1.29 is 26.4 Å². The van der Waals surface area contributed by atoms with Gasteiger partial charge in [-0.25, -0.2) is 8.42 Å². The molecule has 0 aromatic heterocycles. The van der Waals surface area contributed by atoms with E-state index in [9.17, 15) is 26.4 Å². The highest BCUT2D eigenvalue weighted by atomic mass is 32.2. The van der Waals surface area contributed by atoms with Gasteiger partial charge in [-0.05, 0) is 25.7 Å². The number of likely N-dealkylation sites (tertiary alicyclic amines) is 1. The molecule has 1 amide bonds. The molecule has 24 heavy (non-hydrogen) atoms. The first-order chi connectivity index (χ1) is 10.9. The van der Waals surface area contributed by atoms with Crippen molar-refractivity contribution in [2.75, 3.05) is 25.9 Å². The number of carbonyl (C=O) groups is 1. The van der Waals surface area contributed by atoms with Crippen LogP contribution >= 0.6 is 0 Å². The van der Waals surface area contributed by atoms with E-state index in [2.05, 4.69) is 0 Å². The molecule has 1 aliphatic heterocycles. The van der Waals surface area contributed by atoms with Crippen molar-refractivity contribution in [3.05, 3.63) is 0 Å². The second kappa shape index (κ2) is 6.80. The van der Waals surface area contributed by atoms with Gasteiger partial charge in [0.2, 0.25) is 15.9 Å². The van der Waals surface area contributed by atoms with Gasteiger partial charge in [0.15, 0.2) is 0 Å². The highest BCUT2D eigenvalue weighted by Gasteiger charge is 2.43. The van der Waals surface area contributed by atoms with Crippen LogP contribution in [-0.2, 0) is 14.8 Å². The molecule has 10 heteroatoms. The average molecular weight is 371 g/mol. The number of hydrogen-bond acceptors (Lipinski definition) is 4. The van der Waals surface area contributed by atoms with Crippen molar-refractivity contribution in [2.24, 2.45) is 5.73 Å². The summed E-state index contributed by atoms with van der Waals surface area (Å²) in [7, 11) is -3.98. The molecule has 2 fully saturated rings. The first-order valence-corrected chi connectivity index (χ1v) is 9.89. The summed E-state index contributed by atoms with van der Waals surface area (Å²) in [6.07, 6.45) is -0.413. The molecule has 0 bridgehead atoms. The minimum atomic E-state index is -4.60. The molecule has 6 nitrogen and oxygen atoms in total. The van der Waals surface area contributed by atoms with E-state index in [0.29, 0.717) is 17.1 Å². The van der Waals surface area contributed by atoms with Crippen molar-refractivity contribution in [3.63, 3.8) is 0 Å². The molecule has 140 valence electrons. The Balaban J connectivity index is 2.01. The van der Waals surface area contributed by atoms with Crippen LogP contribution in [0.1, 0.15) is 38.5 Å². The number of carbonyl (C=O) groups excluding carboxylic acids is 1. The highest BCUT2D eigenvalue weighted by molar-refractivity contribution is 7.88. The number of hydrogen-bond donors (Lipinski definition) is 1. The molecule has 1 saturated carbocycles. The Labute approximate surface area is 140 Å². The molecular weight excluding hydrogens is 347 g/mol. The molecule has 0 aromatic rings. The summed E-state index contributed by atoms with van der Waals surface area (Å²) in [6.45, 7) is -1.04. The van der Waals surface area contributed by atoms with Crippen LogP contribution in [0.15, 0.2) is 0 Å². The molecule has 2 rings (SSSR count). The number of nitrogens with zero attached hydrogens (tertiary/aromatic N) is 2. The minimum absolute atomic E-state index is 0.167. The molecule has 1 aliphatic carbocycles. The summed E-state index contributed by atoms with van der Waals surface area (Å²) < 4.78 is 61.9. The third kappa shape index (κ3) is 4.60. The smallest absolute Gasteiger partial charge is 0.341 e. The van der Waals surface area contributed by atoms with Gasteiger partial charge in [-0.2, -0.15) is 17.5 Å². The number of piperidine rings is 1. The summed E-state index contributed by atoms with van der Waals surface area (Å²) in [5, 5.41) is 0. The van der Waals surface area contributed by atoms with E-state index < -0.39 is 34.3 Å². The molecule has 0 aromatic carbocycles. The van der Waals surface area contributed by atoms with Crippen LogP contribution < -0.4 is 5.73 Å². The number of nitrogens with two attached hydrogens (primary N) is 1. The van der Waals surface area contributed by atoms with Crippen LogP contribution in [-0.4, -0.2) is 67.2 Å². The zero-order valence-electron chi connectivity index (χ0n) is 13.7. The van der Waals surface area contributed by atoms with E-state index in [1.807, 2.05) is 0 Å². The molecule has 1 saturated heterocycles. The highest BCUT2D eigenvalue weighted by Crippen LogP contribution is 2.31. The lowest BCUT2D eigenvalue weighted by Crippen LogP contribution is -2.57. The average Bonchev–Trinajstić information content (AvgIpc) is 2.90. The van der Waals surface area contributed by atoms with E-state index >= 15 is 0 Å². The van der Waals surface area contributed by atoms with E-state index in [-0.39, 0.29) is 31.8 Å². The van der Waals surface area contributed by atoms with Gasteiger partial charge in [-0.15, -0.1) is 0 Å². The van der Waals surface area contributed by atoms with Gasteiger partial charge in [-0.1, -0.05) is 12.8 Å². The molecule has 2 aliphatic rings. The maximum Gasteiger partial charge on any atom is 0.402 e. The largest absolute Gasteiger partial charge is 0.402 e. The van der Waals surface area contributed by atoms with E-state index in [0.717, 1.165) is 19.1 Å². The van der Waals surface area contributed by atoms with Crippen molar-refractivity contribution in [1.29, 1.82) is 0 Å². The van der Waals surface area contributed by atoms with Crippen molar-refractivity contribution in [2.45, 2.75) is 56.3 Å². The summed E-state index contributed by atoms with van der Waals surface area (Å²) in [5.41, 5.74) is 5.27. The third-order valence-electron chi connectivity index (χ3n) is 4.84. The van der Waals surface area contributed by atoms with Gasteiger partial charge in [0, 0.05) is 19.1 Å². The quantitative estimate of drug-likeness (QED) is 0.801. The topological polar surface area (TPSA) is 83.7 Å². The van der Waals surface area contributed by atoms with Crippen LogP contribution in [0.5, 0.6) is 0 Å². The van der Waals surface area contributed by atoms with Crippen molar-refractivity contribution in [1.82, 2.24) is 9.21 Å². The van der Waals surface area contributed by atoms with Crippen LogP contribution in [0.2, 0.25) is 0 Å². The lowest BCUT2D eigenvalue weighted by atomic mass is 9.95. The molecule has 0 spiro atoms. The minimum Gasteiger partial charge on any atom is -0.341 e. The molecule has 0 unspecified atom stereocenters. The molecule has 1 heterocycles. The van der Waals surface area contributed by atoms with Gasteiger partial charge in [0.25, 0.3) is 0 Å². The zero-order chi connectivity index (χ0) is 18.2. The molecule has 0 atom stereocenters. The second-order valence-corrected chi connectivity index (χ2v) is 8.75. The van der Waals surface area contributed by atoms with E-state index in [1.165, 1.54) is 0 Å². The van der Waals surface area contributed by atoms with Crippen LogP contribution in [0.25, 0.3) is 0 Å². The van der Waals surface area contributed by atoms with Crippen LogP contribution in [0.4, 0.5) is 13.2 Å². The number of halogens is 3. The predicted octanol–water partition coefficient (Wildman–Crippen LogP) is 1.07. The van der Waals surface area contributed by atoms with Gasteiger partial charge in [0.1, 0.15) is 6.54 Å². The van der Waals surface area contributed by atoms with Gasteiger partial charge < -0.3 is 10.6 Å².